The van der Waals surface area contributed by atoms with Crippen molar-refractivity contribution in [2.45, 2.75) is 13.1 Å². The van der Waals surface area contributed by atoms with Gasteiger partial charge in [0.05, 0.1) is 7.11 Å². The quantitative estimate of drug-likeness (QED) is 0.898. The van der Waals surface area contributed by atoms with Crippen LogP contribution < -0.4 is 10.1 Å². The van der Waals surface area contributed by atoms with Crippen molar-refractivity contribution in [2.24, 2.45) is 0 Å². The Kier molecular flexibility index (Phi) is 6.71. The minimum Gasteiger partial charge on any atom is -0.496 e. The van der Waals surface area contributed by atoms with Crippen molar-refractivity contribution in [1.82, 2.24) is 5.32 Å². The Morgan fingerprint density at radius 1 is 1.00 bits per heavy atom. The summed E-state index contributed by atoms with van der Waals surface area (Å²) in [5, 5.41) is 4.16. The molecule has 0 atom stereocenters. The van der Waals surface area contributed by atoms with E-state index in [1.54, 1.807) is 7.11 Å². The van der Waals surface area contributed by atoms with E-state index in [9.17, 15) is 0 Å². The molecule has 4 heteroatoms. The molecular weight excluding hydrogens is 281 g/mol. The van der Waals surface area contributed by atoms with Gasteiger partial charge in [0.1, 0.15) is 5.75 Å². The monoisotopic (exact) mass is 297 g/mol. The maximum Gasteiger partial charge on any atom is 0.123 e. The van der Waals surface area contributed by atoms with Crippen LogP contribution in [0, 0.1) is 0 Å². The summed E-state index contributed by atoms with van der Waals surface area (Å²) >= 11 is 5.84. The molecule has 19 heavy (non-hydrogen) atoms. The van der Waals surface area contributed by atoms with Crippen LogP contribution in [0.2, 0.25) is 5.02 Å². The Balaban J connectivity index is 0.00000180. The Morgan fingerprint density at radius 3 is 2.37 bits per heavy atom. The summed E-state index contributed by atoms with van der Waals surface area (Å²) in [4.78, 5) is 0. The summed E-state index contributed by atoms with van der Waals surface area (Å²) in [6.45, 7) is 1.60. The number of hydrogen-bond acceptors (Lipinski definition) is 2. The lowest BCUT2D eigenvalue weighted by Crippen LogP contribution is -2.13. The van der Waals surface area contributed by atoms with Crippen LogP contribution in [0.4, 0.5) is 0 Å². The molecule has 0 fully saturated rings. The van der Waals surface area contributed by atoms with Gasteiger partial charge in [-0.1, -0.05) is 41.9 Å². The Bertz CT molecular complexity index is 500. The average molecular weight is 298 g/mol. The average Bonchev–Trinajstić information content (AvgIpc) is 2.41. The second-order valence-electron chi connectivity index (χ2n) is 4.04. The third kappa shape index (κ3) is 4.75. The summed E-state index contributed by atoms with van der Waals surface area (Å²) in [6.07, 6.45) is 0. The van der Waals surface area contributed by atoms with Crippen LogP contribution in [0.1, 0.15) is 11.1 Å². The van der Waals surface area contributed by atoms with Gasteiger partial charge in [-0.05, 0) is 23.8 Å². The molecule has 0 aliphatic heterocycles. The van der Waals surface area contributed by atoms with Crippen molar-refractivity contribution in [3.63, 3.8) is 0 Å². The van der Waals surface area contributed by atoms with Gasteiger partial charge in [0.25, 0.3) is 0 Å². The maximum atomic E-state index is 5.84. The lowest BCUT2D eigenvalue weighted by atomic mass is 10.2. The third-order valence-electron chi connectivity index (χ3n) is 2.75. The normalized spacial score (nSPS) is 9.79. The minimum absolute atomic E-state index is 0. The molecule has 0 heterocycles. The van der Waals surface area contributed by atoms with Crippen LogP contribution >= 0.6 is 24.0 Å². The summed E-state index contributed by atoms with van der Waals surface area (Å²) in [7, 11) is 1.69. The van der Waals surface area contributed by atoms with Crippen molar-refractivity contribution in [3.05, 3.63) is 64.7 Å². The zero-order valence-corrected chi connectivity index (χ0v) is 12.3. The van der Waals surface area contributed by atoms with Crippen LogP contribution in [-0.4, -0.2) is 7.11 Å². The van der Waals surface area contributed by atoms with E-state index in [0.29, 0.717) is 0 Å². The molecule has 0 unspecified atom stereocenters. The zero-order chi connectivity index (χ0) is 12.8. The molecule has 102 valence electrons. The minimum atomic E-state index is 0. The molecule has 0 bridgehead atoms. The van der Waals surface area contributed by atoms with Crippen molar-refractivity contribution in [2.75, 3.05) is 7.11 Å². The number of halogens is 2. The molecule has 0 spiro atoms. The molecular formula is C15H17Cl2NO. The van der Waals surface area contributed by atoms with E-state index in [0.717, 1.165) is 29.4 Å². The molecule has 0 aliphatic carbocycles. The second kappa shape index (κ2) is 8.05. The van der Waals surface area contributed by atoms with E-state index >= 15 is 0 Å². The fraction of sp³-hybridized carbons (Fsp3) is 0.200. The van der Waals surface area contributed by atoms with Crippen LogP contribution in [0.15, 0.2) is 48.5 Å². The van der Waals surface area contributed by atoms with Crippen molar-refractivity contribution < 1.29 is 4.74 Å². The number of ether oxygens (including phenoxy) is 1. The highest BCUT2D eigenvalue weighted by molar-refractivity contribution is 6.30. The predicted octanol–water partition coefficient (Wildman–Crippen LogP) is 4.06. The number of rotatable bonds is 5. The number of methoxy groups -OCH3 is 1. The fourth-order valence-electron chi connectivity index (χ4n) is 1.79. The molecule has 0 saturated heterocycles. The first-order valence-corrected chi connectivity index (χ1v) is 6.24. The van der Waals surface area contributed by atoms with E-state index in [1.165, 1.54) is 5.56 Å². The first-order chi connectivity index (χ1) is 8.79. The number of nitrogens with one attached hydrogen (secondary N) is 1. The molecule has 0 amide bonds. The number of hydrogen-bond donors (Lipinski definition) is 1. The predicted molar refractivity (Wildman–Crippen MR) is 82.2 cm³/mol. The van der Waals surface area contributed by atoms with E-state index in [-0.39, 0.29) is 12.4 Å². The van der Waals surface area contributed by atoms with Gasteiger partial charge < -0.3 is 10.1 Å². The first kappa shape index (κ1) is 15.8. The molecule has 1 N–H and O–H groups in total. The van der Waals surface area contributed by atoms with Gasteiger partial charge in [-0.15, -0.1) is 12.4 Å². The second-order valence-corrected chi connectivity index (χ2v) is 4.48. The van der Waals surface area contributed by atoms with Crippen molar-refractivity contribution >= 4 is 24.0 Å². The van der Waals surface area contributed by atoms with Gasteiger partial charge in [-0.25, -0.2) is 0 Å². The lowest BCUT2D eigenvalue weighted by molar-refractivity contribution is 0.407. The summed E-state index contributed by atoms with van der Waals surface area (Å²) in [5.41, 5.74) is 2.38. The maximum absolute atomic E-state index is 5.84. The first-order valence-electron chi connectivity index (χ1n) is 5.86. The van der Waals surface area contributed by atoms with E-state index in [2.05, 4.69) is 11.4 Å². The van der Waals surface area contributed by atoms with Crippen LogP contribution in [0.25, 0.3) is 0 Å². The fourth-order valence-corrected chi connectivity index (χ4v) is 1.92. The smallest absolute Gasteiger partial charge is 0.123 e. The SMILES string of the molecule is COc1ccccc1CNCc1ccc(Cl)cc1.Cl. The summed E-state index contributed by atoms with van der Waals surface area (Å²) < 4.78 is 5.31. The van der Waals surface area contributed by atoms with E-state index in [4.69, 9.17) is 16.3 Å². The van der Waals surface area contributed by atoms with Gasteiger partial charge in [0.15, 0.2) is 0 Å². The van der Waals surface area contributed by atoms with Crippen LogP contribution in [-0.2, 0) is 13.1 Å². The third-order valence-corrected chi connectivity index (χ3v) is 3.00. The number of para-hydroxylation sites is 1. The molecule has 0 aromatic heterocycles. The van der Waals surface area contributed by atoms with Crippen LogP contribution in [0.3, 0.4) is 0 Å². The summed E-state index contributed by atoms with van der Waals surface area (Å²) in [6, 6.07) is 15.9. The molecule has 2 aromatic carbocycles. The largest absolute Gasteiger partial charge is 0.496 e. The topological polar surface area (TPSA) is 21.3 Å². The van der Waals surface area contributed by atoms with Crippen molar-refractivity contribution in [1.29, 1.82) is 0 Å². The van der Waals surface area contributed by atoms with Crippen LogP contribution in [0.5, 0.6) is 5.75 Å². The van der Waals surface area contributed by atoms with E-state index < -0.39 is 0 Å². The van der Waals surface area contributed by atoms with Gasteiger partial charge in [0.2, 0.25) is 0 Å². The highest BCUT2D eigenvalue weighted by Gasteiger charge is 2.00. The molecule has 2 rings (SSSR count). The van der Waals surface area contributed by atoms with Gasteiger partial charge >= 0.3 is 0 Å². The Hall–Kier alpha value is -1.22. The Labute approximate surface area is 125 Å². The molecule has 0 aliphatic rings. The van der Waals surface area contributed by atoms with Gasteiger partial charge in [-0.3, -0.25) is 0 Å². The zero-order valence-electron chi connectivity index (χ0n) is 10.7. The van der Waals surface area contributed by atoms with Gasteiger partial charge in [-0.2, -0.15) is 0 Å². The molecule has 2 nitrogen and oxygen atoms in total. The highest BCUT2D eigenvalue weighted by atomic mass is 35.5. The highest BCUT2D eigenvalue weighted by Crippen LogP contribution is 2.17. The van der Waals surface area contributed by atoms with Gasteiger partial charge in [0, 0.05) is 23.7 Å². The van der Waals surface area contributed by atoms with Crippen molar-refractivity contribution in [3.8, 4) is 5.75 Å². The Morgan fingerprint density at radius 2 is 1.68 bits per heavy atom. The standard InChI is InChI=1S/C15H16ClNO.ClH/c1-18-15-5-3-2-4-13(15)11-17-10-12-6-8-14(16)9-7-12;/h2-9,17H,10-11H2,1H3;1H. The number of benzene rings is 2. The summed E-state index contributed by atoms with van der Waals surface area (Å²) in [5.74, 6) is 0.918. The van der Waals surface area contributed by atoms with E-state index in [1.807, 2.05) is 42.5 Å². The molecule has 2 aromatic rings. The molecule has 0 radical (unpaired) electrons. The molecule has 0 saturated carbocycles. The lowest BCUT2D eigenvalue weighted by Gasteiger charge is -2.09.